The van der Waals surface area contributed by atoms with E-state index >= 15 is 0 Å². The van der Waals surface area contributed by atoms with E-state index in [-0.39, 0.29) is 12.4 Å². The van der Waals surface area contributed by atoms with Crippen LogP contribution in [0.3, 0.4) is 0 Å². The molecule has 0 aromatic rings. The third-order valence-electron chi connectivity index (χ3n) is 8.55. The predicted molar refractivity (Wildman–Crippen MR) is 181 cm³/mol. The van der Waals surface area contributed by atoms with Crippen LogP contribution in [0.15, 0.2) is 24.3 Å². The fourth-order valence-corrected chi connectivity index (χ4v) is 5.69. The Hall–Kier alpha value is -0.270. The molecule has 1 nitrogen and oxygen atoms in total. The van der Waals surface area contributed by atoms with Crippen LogP contribution in [0.4, 0.5) is 0 Å². The van der Waals surface area contributed by atoms with Crippen LogP contribution in [-0.2, 0) is 0 Å². The Labute approximate surface area is 261 Å². The number of hydrogen-bond acceptors (Lipinski definition) is 0. The van der Waals surface area contributed by atoms with Gasteiger partial charge in [-0.05, 0) is 77.0 Å². The zero-order chi connectivity index (χ0) is 28.5. The molecule has 0 aromatic carbocycles. The molecule has 0 atom stereocenters. The monoisotopic (exact) mass is 582 g/mol. The molecule has 0 aliphatic carbocycles. The molecule has 0 aromatic heterocycles. The molecule has 0 radical (unpaired) electrons. The third kappa shape index (κ3) is 35.8. The molecule has 0 heterocycles. The van der Waals surface area contributed by atoms with Crippen molar-refractivity contribution in [2.45, 2.75) is 194 Å². The van der Waals surface area contributed by atoms with Crippen molar-refractivity contribution >= 4 is 0 Å². The summed E-state index contributed by atoms with van der Waals surface area (Å²) in [5, 5.41) is 0. The van der Waals surface area contributed by atoms with Crippen molar-refractivity contribution in [3.8, 4) is 0 Å². The molecule has 0 spiro atoms. The summed E-state index contributed by atoms with van der Waals surface area (Å²) in [5.41, 5.74) is 0. The lowest BCUT2D eigenvalue weighted by Gasteiger charge is -2.30. The van der Waals surface area contributed by atoms with Gasteiger partial charge in [0.05, 0.1) is 27.2 Å². The molecule has 0 fully saturated rings. The summed E-state index contributed by atoms with van der Waals surface area (Å²) in [5.74, 6) is 0. The summed E-state index contributed by atoms with van der Waals surface area (Å²) in [7, 11) is 4.91. The molecule has 0 saturated heterocycles. The van der Waals surface area contributed by atoms with Gasteiger partial charge in [0, 0.05) is 0 Å². The van der Waals surface area contributed by atoms with Crippen LogP contribution in [0, 0.1) is 0 Å². The smallest absolute Gasteiger partial charge is 0.0782 e. The standard InChI is InChI=1S/C38H76N.ClH/c1-5-7-9-11-13-15-17-19-21-23-25-27-29-31-33-35-37-39(3,4)38-36-34-32-30-28-26-24-22-20-18-16-14-12-10-8-6-2;/h19-22H,5-18,23-38H2,1-4H3;1H/q+1;/p-1/b21-19-,22-20+;. The molecule has 0 unspecified atom stereocenters. The second-order valence-corrected chi connectivity index (χ2v) is 13.3. The van der Waals surface area contributed by atoms with Crippen molar-refractivity contribution in [3.63, 3.8) is 0 Å². The fourth-order valence-electron chi connectivity index (χ4n) is 5.69. The molecule has 0 aliphatic rings. The second kappa shape index (κ2) is 34.9. The number of allylic oxidation sites excluding steroid dienone is 4. The van der Waals surface area contributed by atoms with Crippen LogP contribution >= 0.6 is 0 Å². The van der Waals surface area contributed by atoms with Crippen molar-refractivity contribution in [2.24, 2.45) is 0 Å². The van der Waals surface area contributed by atoms with E-state index in [1.54, 1.807) is 0 Å². The Kier molecular flexibility index (Phi) is 36.6. The lowest BCUT2D eigenvalue weighted by molar-refractivity contribution is -0.890. The molecule has 0 aliphatic heterocycles. The van der Waals surface area contributed by atoms with Gasteiger partial charge in [-0.3, -0.25) is 0 Å². The molecule has 0 amide bonds. The van der Waals surface area contributed by atoms with Gasteiger partial charge in [-0.2, -0.15) is 0 Å². The van der Waals surface area contributed by atoms with Crippen LogP contribution in [0.1, 0.15) is 194 Å². The first-order valence-corrected chi connectivity index (χ1v) is 18.2. The SMILES string of the molecule is CCCCCCCC/C=C\CCCCCCCC[N+](C)(C)CCCCCCCC/C=C/CCCCCCCC.[Cl-]. The zero-order valence-electron chi connectivity index (χ0n) is 28.3. The van der Waals surface area contributed by atoms with Crippen LogP contribution in [0.2, 0.25) is 0 Å². The molecule has 0 N–H and O–H groups in total. The first-order valence-electron chi connectivity index (χ1n) is 18.2. The number of rotatable bonds is 32. The minimum absolute atomic E-state index is 0. The summed E-state index contributed by atoms with van der Waals surface area (Å²) in [4.78, 5) is 0. The Morgan fingerprint density at radius 3 is 0.825 bits per heavy atom. The average molecular weight is 582 g/mol. The van der Waals surface area contributed by atoms with Gasteiger partial charge in [0.1, 0.15) is 0 Å². The largest absolute Gasteiger partial charge is 1.00 e. The van der Waals surface area contributed by atoms with E-state index in [1.807, 2.05) is 0 Å². The lowest BCUT2D eigenvalue weighted by atomic mass is 10.1. The summed E-state index contributed by atoms with van der Waals surface area (Å²) >= 11 is 0. The van der Waals surface area contributed by atoms with Gasteiger partial charge in [0.2, 0.25) is 0 Å². The van der Waals surface area contributed by atoms with Gasteiger partial charge in [0.15, 0.2) is 0 Å². The van der Waals surface area contributed by atoms with Crippen LogP contribution in [-0.4, -0.2) is 31.7 Å². The highest BCUT2D eigenvalue weighted by atomic mass is 35.5. The van der Waals surface area contributed by atoms with E-state index in [1.165, 1.54) is 197 Å². The quantitative estimate of drug-likeness (QED) is 0.0421. The van der Waals surface area contributed by atoms with E-state index in [9.17, 15) is 0 Å². The predicted octanol–water partition coefficient (Wildman–Crippen LogP) is 10.1. The van der Waals surface area contributed by atoms with Crippen molar-refractivity contribution in [1.29, 1.82) is 0 Å². The van der Waals surface area contributed by atoms with Crippen molar-refractivity contribution < 1.29 is 16.9 Å². The van der Waals surface area contributed by atoms with Crippen LogP contribution in [0.5, 0.6) is 0 Å². The van der Waals surface area contributed by atoms with E-state index < -0.39 is 0 Å². The highest BCUT2D eigenvalue weighted by Crippen LogP contribution is 2.14. The van der Waals surface area contributed by atoms with E-state index in [2.05, 4.69) is 52.2 Å². The summed E-state index contributed by atoms with van der Waals surface area (Å²) in [6.45, 7) is 7.33. The number of unbranched alkanes of at least 4 members (excludes halogenated alkanes) is 24. The summed E-state index contributed by atoms with van der Waals surface area (Å²) in [6, 6.07) is 0. The van der Waals surface area contributed by atoms with Gasteiger partial charge in [-0.15, -0.1) is 0 Å². The number of hydrogen-bond donors (Lipinski definition) is 0. The first kappa shape index (κ1) is 41.9. The summed E-state index contributed by atoms with van der Waals surface area (Å²) < 4.78 is 1.23. The maximum Gasteiger partial charge on any atom is 0.0782 e. The zero-order valence-corrected chi connectivity index (χ0v) is 29.1. The molecular formula is C38H76ClN. The second-order valence-electron chi connectivity index (χ2n) is 13.3. The molecule has 0 rings (SSSR count). The minimum Gasteiger partial charge on any atom is -1.00 e. The normalized spacial score (nSPS) is 12.1. The minimum atomic E-state index is 0. The number of nitrogens with zero attached hydrogens (tertiary/aromatic N) is 1. The van der Waals surface area contributed by atoms with Crippen molar-refractivity contribution in [2.75, 3.05) is 27.2 Å². The lowest BCUT2D eigenvalue weighted by Crippen LogP contribution is -3.00. The van der Waals surface area contributed by atoms with Crippen molar-refractivity contribution in [3.05, 3.63) is 24.3 Å². The molecule has 40 heavy (non-hydrogen) atoms. The Bertz CT molecular complexity index is 466. The van der Waals surface area contributed by atoms with Gasteiger partial charge >= 0.3 is 0 Å². The Balaban J connectivity index is 0. The van der Waals surface area contributed by atoms with Gasteiger partial charge in [-0.1, -0.05) is 141 Å². The first-order chi connectivity index (χ1) is 19.1. The maximum absolute atomic E-state index is 2.45. The topological polar surface area (TPSA) is 0 Å². The maximum atomic E-state index is 2.45. The van der Waals surface area contributed by atoms with Crippen molar-refractivity contribution in [1.82, 2.24) is 0 Å². The van der Waals surface area contributed by atoms with Gasteiger partial charge in [-0.25, -0.2) is 0 Å². The number of halogens is 1. The van der Waals surface area contributed by atoms with E-state index in [0.717, 1.165) is 0 Å². The Morgan fingerprint density at radius 2 is 0.550 bits per heavy atom. The molecule has 240 valence electrons. The molecule has 0 bridgehead atoms. The molecule has 2 heteroatoms. The van der Waals surface area contributed by atoms with E-state index in [4.69, 9.17) is 0 Å². The molecule has 0 saturated carbocycles. The summed E-state index contributed by atoms with van der Waals surface area (Å²) in [6.07, 6.45) is 49.0. The highest BCUT2D eigenvalue weighted by molar-refractivity contribution is 4.82. The molecular weight excluding hydrogens is 506 g/mol. The van der Waals surface area contributed by atoms with Gasteiger partial charge < -0.3 is 16.9 Å². The van der Waals surface area contributed by atoms with E-state index in [0.29, 0.717) is 0 Å². The van der Waals surface area contributed by atoms with Crippen LogP contribution < -0.4 is 12.4 Å². The number of quaternary nitrogens is 1. The van der Waals surface area contributed by atoms with Gasteiger partial charge in [0.25, 0.3) is 0 Å². The highest BCUT2D eigenvalue weighted by Gasteiger charge is 2.13. The fraction of sp³-hybridized carbons (Fsp3) is 0.895. The average Bonchev–Trinajstić information content (AvgIpc) is 2.92. The Morgan fingerprint density at radius 1 is 0.325 bits per heavy atom. The van der Waals surface area contributed by atoms with Crippen LogP contribution in [0.25, 0.3) is 0 Å². The third-order valence-corrected chi connectivity index (χ3v) is 8.55.